The molecule has 0 atom stereocenters. The molecule has 0 spiro atoms. The number of nitrogens with zero attached hydrogens (tertiary/aromatic N) is 2. The third-order valence-electron chi connectivity index (χ3n) is 2.67. The highest BCUT2D eigenvalue weighted by molar-refractivity contribution is 7.92. The molecule has 0 aliphatic carbocycles. The van der Waals surface area contributed by atoms with Crippen LogP contribution in [0.3, 0.4) is 0 Å². The lowest BCUT2D eigenvalue weighted by Crippen LogP contribution is -2.15. The van der Waals surface area contributed by atoms with Crippen LogP contribution in [0.5, 0.6) is 0 Å². The topological polar surface area (TPSA) is 64.0 Å². The normalized spacial score (nSPS) is 11.5. The van der Waals surface area contributed by atoms with Crippen LogP contribution < -0.4 is 4.72 Å². The first kappa shape index (κ1) is 12.6. The number of aryl methyl sites for hydroxylation is 3. The van der Waals surface area contributed by atoms with Crippen molar-refractivity contribution in [3.8, 4) is 0 Å². The third-order valence-corrected chi connectivity index (χ3v) is 3.91. The van der Waals surface area contributed by atoms with Gasteiger partial charge in [0.25, 0.3) is 10.0 Å². The van der Waals surface area contributed by atoms with E-state index < -0.39 is 10.0 Å². The Labute approximate surface area is 107 Å². The molecular formula is C12H15N3O2S. The molecule has 0 aliphatic rings. The van der Waals surface area contributed by atoms with Gasteiger partial charge in [0.2, 0.25) is 0 Å². The minimum absolute atomic E-state index is 0.0210. The van der Waals surface area contributed by atoms with Gasteiger partial charge < -0.3 is 4.57 Å². The van der Waals surface area contributed by atoms with Crippen LogP contribution in [0.25, 0.3) is 0 Å². The van der Waals surface area contributed by atoms with E-state index in [0.29, 0.717) is 5.69 Å². The van der Waals surface area contributed by atoms with E-state index in [1.807, 2.05) is 32.0 Å². The molecule has 2 aromatic rings. The molecule has 0 saturated carbocycles. The summed E-state index contributed by atoms with van der Waals surface area (Å²) in [4.78, 5) is 3.86. The predicted molar refractivity (Wildman–Crippen MR) is 69.9 cm³/mol. The summed E-state index contributed by atoms with van der Waals surface area (Å²) in [6.45, 7) is 3.73. The summed E-state index contributed by atoms with van der Waals surface area (Å²) in [5, 5.41) is 0.0210. The van der Waals surface area contributed by atoms with Gasteiger partial charge in [0.1, 0.15) is 0 Å². The summed E-state index contributed by atoms with van der Waals surface area (Å²) in [7, 11) is -1.89. The van der Waals surface area contributed by atoms with Crippen molar-refractivity contribution in [2.24, 2.45) is 7.05 Å². The fraction of sp³-hybridized carbons (Fsp3) is 0.250. The number of anilines is 1. The molecule has 0 bridgehead atoms. The first-order valence-electron chi connectivity index (χ1n) is 5.47. The van der Waals surface area contributed by atoms with Crippen LogP contribution in [0.2, 0.25) is 0 Å². The monoisotopic (exact) mass is 265 g/mol. The molecule has 0 radical (unpaired) electrons. The van der Waals surface area contributed by atoms with Crippen molar-refractivity contribution >= 4 is 15.7 Å². The molecule has 6 heteroatoms. The Balaban J connectivity index is 2.40. The molecule has 1 aromatic carbocycles. The van der Waals surface area contributed by atoms with E-state index in [1.165, 1.54) is 12.5 Å². The molecular weight excluding hydrogens is 250 g/mol. The number of benzene rings is 1. The van der Waals surface area contributed by atoms with Gasteiger partial charge in [-0.2, -0.15) is 8.42 Å². The summed E-state index contributed by atoms with van der Waals surface area (Å²) in [5.41, 5.74) is 2.38. The van der Waals surface area contributed by atoms with Crippen LogP contribution in [0, 0.1) is 13.8 Å². The molecule has 1 N–H and O–H groups in total. The van der Waals surface area contributed by atoms with Gasteiger partial charge in [0.15, 0.2) is 5.03 Å². The highest BCUT2D eigenvalue weighted by Crippen LogP contribution is 2.22. The quantitative estimate of drug-likeness (QED) is 0.921. The zero-order valence-corrected chi connectivity index (χ0v) is 11.3. The number of nitrogens with one attached hydrogen (secondary N) is 1. The number of aromatic nitrogens is 2. The average molecular weight is 265 g/mol. The van der Waals surface area contributed by atoms with Crippen LogP contribution in [0.15, 0.2) is 35.7 Å². The van der Waals surface area contributed by atoms with E-state index in [4.69, 9.17) is 0 Å². The maximum absolute atomic E-state index is 12.1. The van der Waals surface area contributed by atoms with Crippen molar-refractivity contribution in [3.63, 3.8) is 0 Å². The van der Waals surface area contributed by atoms with Gasteiger partial charge in [-0.15, -0.1) is 0 Å². The minimum Gasteiger partial charge on any atom is -0.339 e. The largest absolute Gasteiger partial charge is 0.339 e. The summed E-state index contributed by atoms with van der Waals surface area (Å²) in [6.07, 6.45) is 2.93. The molecule has 0 unspecified atom stereocenters. The summed E-state index contributed by atoms with van der Waals surface area (Å²) < 4.78 is 28.4. The van der Waals surface area contributed by atoms with Crippen molar-refractivity contribution in [2.45, 2.75) is 18.9 Å². The van der Waals surface area contributed by atoms with Gasteiger partial charge in [-0.3, -0.25) is 4.72 Å². The van der Waals surface area contributed by atoms with Gasteiger partial charge in [-0.25, -0.2) is 4.98 Å². The average Bonchev–Trinajstić information content (AvgIpc) is 2.71. The highest BCUT2D eigenvalue weighted by Gasteiger charge is 2.18. The van der Waals surface area contributed by atoms with Crippen LogP contribution in [0.4, 0.5) is 5.69 Å². The zero-order chi connectivity index (χ0) is 13.3. The molecule has 18 heavy (non-hydrogen) atoms. The first-order valence-corrected chi connectivity index (χ1v) is 6.95. The number of rotatable bonds is 3. The van der Waals surface area contributed by atoms with Crippen LogP contribution in [-0.4, -0.2) is 18.0 Å². The SMILES string of the molecule is Cc1cccc(C)c1NS(=O)(=O)c1cn(C)cn1. The van der Waals surface area contributed by atoms with Gasteiger partial charge in [-0.1, -0.05) is 18.2 Å². The molecule has 0 amide bonds. The van der Waals surface area contributed by atoms with Gasteiger partial charge in [0, 0.05) is 13.2 Å². The lowest BCUT2D eigenvalue weighted by Gasteiger charge is -2.11. The zero-order valence-electron chi connectivity index (χ0n) is 10.5. The summed E-state index contributed by atoms with van der Waals surface area (Å²) in [6, 6.07) is 5.62. The maximum atomic E-state index is 12.1. The Bertz CT molecular complexity index is 654. The molecule has 5 nitrogen and oxygen atoms in total. The minimum atomic E-state index is -3.62. The van der Waals surface area contributed by atoms with Crippen LogP contribution >= 0.6 is 0 Å². The molecule has 1 heterocycles. The van der Waals surface area contributed by atoms with Crippen molar-refractivity contribution in [1.29, 1.82) is 0 Å². The highest BCUT2D eigenvalue weighted by atomic mass is 32.2. The Morgan fingerprint density at radius 2 is 1.83 bits per heavy atom. The Hall–Kier alpha value is -1.82. The lowest BCUT2D eigenvalue weighted by molar-refractivity contribution is 0.598. The second-order valence-electron chi connectivity index (χ2n) is 4.25. The second-order valence-corrected chi connectivity index (χ2v) is 5.88. The molecule has 0 aliphatic heterocycles. The van der Waals surface area contributed by atoms with Gasteiger partial charge in [0.05, 0.1) is 12.0 Å². The summed E-state index contributed by atoms with van der Waals surface area (Å²) in [5.74, 6) is 0. The van der Waals surface area contributed by atoms with E-state index in [-0.39, 0.29) is 5.03 Å². The molecule has 96 valence electrons. The van der Waals surface area contributed by atoms with Crippen LogP contribution in [0.1, 0.15) is 11.1 Å². The fourth-order valence-corrected chi connectivity index (χ4v) is 2.88. The summed E-state index contributed by atoms with van der Waals surface area (Å²) >= 11 is 0. The second kappa shape index (κ2) is 4.45. The van der Waals surface area contributed by atoms with Gasteiger partial charge >= 0.3 is 0 Å². The fourth-order valence-electron chi connectivity index (χ4n) is 1.69. The Morgan fingerprint density at radius 1 is 1.22 bits per heavy atom. The number of imidazole rings is 1. The Kier molecular flexibility index (Phi) is 3.13. The van der Waals surface area contributed by atoms with E-state index in [9.17, 15) is 8.42 Å². The standard InChI is InChI=1S/C12H15N3O2S/c1-9-5-4-6-10(2)12(9)14-18(16,17)11-7-15(3)8-13-11/h4-8,14H,1-3H3. The van der Waals surface area contributed by atoms with Crippen molar-refractivity contribution in [3.05, 3.63) is 41.9 Å². The van der Waals surface area contributed by atoms with E-state index in [0.717, 1.165) is 11.1 Å². The molecule has 1 aromatic heterocycles. The van der Waals surface area contributed by atoms with Crippen molar-refractivity contribution in [2.75, 3.05) is 4.72 Å². The lowest BCUT2D eigenvalue weighted by atomic mass is 10.1. The van der Waals surface area contributed by atoms with Crippen molar-refractivity contribution in [1.82, 2.24) is 9.55 Å². The van der Waals surface area contributed by atoms with E-state index in [1.54, 1.807) is 11.6 Å². The molecule has 0 saturated heterocycles. The predicted octanol–water partition coefficient (Wildman–Crippen LogP) is 1.84. The number of sulfonamides is 1. The van der Waals surface area contributed by atoms with E-state index in [2.05, 4.69) is 9.71 Å². The number of hydrogen-bond acceptors (Lipinski definition) is 3. The maximum Gasteiger partial charge on any atom is 0.280 e. The number of hydrogen-bond donors (Lipinski definition) is 1. The number of para-hydroxylation sites is 1. The molecule has 2 rings (SSSR count). The Morgan fingerprint density at radius 3 is 2.33 bits per heavy atom. The van der Waals surface area contributed by atoms with Crippen LogP contribution in [-0.2, 0) is 17.1 Å². The smallest absolute Gasteiger partial charge is 0.280 e. The van der Waals surface area contributed by atoms with Gasteiger partial charge in [-0.05, 0) is 25.0 Å². The first-order chi connectivity index (χ1) is 8.40. The third kappa shape index (κ3) is 2.38. The van der Waals surface area contributed by atoms with E-state index >= 15 is 0 Å². The van der Waals surface area contributed by atoms with Crippen molar-refractivity contribution < 1.29 is 8.42 Å². The molecule has 0 fully saturated rings.